The fourth-order valence-corrected chi connectivity index (χ4v) is 2.55. The number of aliphatic hydroxyl groups is 1. The SMILES string of the molecule is C[C@H]1CC[C@@](O)(c2ccc(Br)cc2)C1. The van der Waals surface area contributed by atoms with Crippen LogP contribution < -0.4 is 0 Å². The molecule has 0 aliphatic heterocycles. The molecule has 76 valence electrons. The molecule has 0 unspecified atom stereocenters. The van der Waals surface area contributed by atoms with Gasteiger partial charge < -0.3 is 5.11 Å². The number of hydrogen-bond donors (Lipinski definition) is 1. The van der Waals surface area contributed by atoms with E-state index in [1.54, 1.807) is 0 Å². The first-order valence-electron chi connectivity index (χ1n) is 5.08. The highest BCUT2D eigenvalue weighted by molar-refractivity contribution is 9.10. The molecule has 1 N–H and O–H groups in total. The molecule has 1 aromatic rings. The summed E-state index contributed by atoms with van der Waals surface area (Å²) in [4.78, 5) is 0. The van der Waals surface area contributed by atoms with Crippen molar-refractivity contribution in [2.24, 2.45) is 5.92 Å². The van der Waals surface area contributed by atoms with E-state index in [1.165, 1.54) is 0 Å². The summed E-state index contributed by atoms with van der Waals surface area (Å²) in [6.45, 7) is 2.21. The molecule has 1 fully saturated rings. The van der Waals surface area contributed by atoms with E-state index < -0.39 is 5.60 Å². The lowest BCUT2D eigenvalue weighted by Crippen LogP contribution is -2.21. The number of rotatable bonds is 1. The van der Waals surface area contributed by atoms with Crippen LogP contribution in [0.2, 0.25) is 0 Å². The van der Waals surface area contributed by atoms with Crippen LogP contribution in [-0.4, -0.2) is 5.11 Å². The van der Waals surface area contributed by atoms with Crippen LogP contribution in [0, 0.1) is 5.92 Å². The van der Waals surface area contributed by atoms with Crippen LogP contribution in [0.4, 0.5) is 0 Å². The first-order chi connectivity index (χ1) is 6.60. The second kappa shape index (κ2) is 3.67. The van der Waals surface area contributed by atoms with Gasteiger partial charge in [0.1, 0.15) is 0 Å². The largest absolute Gasteiger partial charge is 0.385 e. The topological polar surface area (TPSA) is 20.2 Å². The van der Waals surface area contributed by atoms with Gasteiger partial charge in [-0.3, -0.25) is 0 Å². The highest BCUT2D eigenvalue weighted by atomic mass is 79.9. The van der Waals surface area contributed by atoms with Gasteiger partial charge in [-0.25, -0.2) is 0 Å². The zero-order valence-electron chi connectivity index (χ0n) is 8.33. The zero-order chi connectivity index (χ0) is 10.2. The van der Waals surface area contributed by atoms with Crippen molar-refractivity contribution < 1.29 is 5.11 Å². The Hall–Kier alpha value is -0.340. The number of halogens is 1. The van der Waals surface area contributed by atoms with Crippen LogP contribution in [0.3, 0.4) is 0 Å². The molecule has 0 heterocycles. The molecule has 14 heavy (non-hydrogen) atoms. The van der Waals surface area contributed by atoms with Gasteiger partial charge >= 0.3 is 0 Å². The molecule has 2 heteroatoms. The van der Waals surface area contributed by atoms with E-state index in [1.807, 2.05) is 24.3 Å². The van der Waals surface area contributed by atoms with E-state index >= 15 is 0 Å². The van der Waals surface area contributed by atoms with Gasteiger partial charge in [0.05, 0.1) is 5.60 Å². The number of hydrogen-bond acceptors (Lipinski definition) is 1. The van der Waals surface area contributed by atoms with Crippen molar-refractivity contribution in [1.82, 2.24) is 0 Å². The van der Waals surface area contributed by atoms with Crippen molar-refractivity contribution in [3.8, 4) is 0 Å². The molecule has 0 amide bonds. The molecule has 2 rings (SSSR count). The van der Waals surface area contributed by atoms with Gasteiger partial charge in [-0.2, -0.15) is 0 Å². The molecule has 1 aliphatic rings. The quantitative estimate of drug-likeness (QED) is 0.814. The molecular weight excluding hydrogens is 240 g/mol. The van der Waals surface area contributed by atoms with E-state index in [9.17, 15) is 5.11 Å². The molecule has 1 saturated carbocycles. The Morgan fingerprint density at radius 1 is 1.36 bits per heavy atom. The molecule has 1 aromatic carbocycles. The van der Waals surface area contributed by atoms with Crippen LogP contribution in [-0.2, 0) is 5.60 Å². The third kappa shape index (κ3) is 1.86. The summed E-state index contributed by atoms with van der Waals surface area (Å²) in [5, 5.41) is 10.4. The van der Waals surface area contributed by atoms with Crippen molar-refractivity contribution in [2.75, 3.05) is 0 Å². The van der Waals surface area contributed by atoms with E-state index in [4.69, 9.17) is 0 Å². The lowest BCUT2D eigenvalue weighted by Gasteiger charge is -2.23. The Bertz CT molecular complexity index is 320. The molecule has 0 saturated heterocycles. The number of benzene rings is 1. The maximum absolute atomic E-state index is 10.4. The van der Waals surface area contributed by atoms with Gasteiger partial charge in [-0.1, -0.05) is 35.0 Å². The van der Waals surface area contributed by atoms with Gasteiger partial charge in [-0.15, -0.1) is 0 Å². The lowest BCUT2D eigenvalue weighted by molar-refractivity contribution is 0.0408. The molecule has 0 radical (unpaired) electrons. The zero-order valence-corrected chi connectivity index (χ0v) is 9.92. The second-order valence-corrected chi connectivity index (χ2v) is 5.30. The lowest BCUT2D eigenvalue weighted by atomic mass is 9.91. The van der Waals surface area contributed by atoms with Gasteiger partial charge in [0.2, 0.25) is 0 Å². The van der Waals surface area contributed by atoms with E-state index in [0.29, 0.717) is 5.92 Å². The van der Waals surface area contributed by atoms with Crippen molar-refractivity contribution in [1.29, 1.82) is 0 Å². The first-order valence-corrected chi connectivity index (χ1v) is 5.88. The maximum atomic E-state index is 10.4. The monoisotopic (exact) mass is 254 g/mol. The highest BCUT2D eigenvalue weighted by Gasteiger charge is 2.36. The van der Waals surface area contributed by atoms with Crippen molar-refractivity contribution in [2.45, 2.75) is 31.8 Å². The fourth-order valence-electron chi connectivity index (χ4n) is 2.29. The molecule has 0 spiro atoms. The predicted octanol–water partition coefficient (Wildman–Crippen LogP) is 3.46. The average Bonchev–Trinajstić information content (AvgIpc) is 2.48. The first kappa shape index (κ1) is 10.2. The molecule has 0 aromatic heterocycles. The summed E-state index contributed by atoms with van der Waals surface area (Å²) in [7, 11) is 0. The van der Waals surface area contributed by atoms with E-state index in [2.05, 4.69) is 22.9 Å². The Morgan fingerprint density at radius 3 is 2.50 bits per heavy atom. The maximum Gasteiger partial charge on any atom is 0.0899 e. The van der Waals surface area contributed by atoms with Crippen LogP contribution in [0.15, 0.2) is 28.7 Å². The van der Waals surface area contributed by atoms with E-state index in [-0.39, 0.29) is 0 Å². The van der Waals surface area contributed by atoms with Gasteiger partial charge in [0.25, 0.3) is 0 Å². The third-order valence-corrected chi connectivity index (χ3v) is 3.65. The predicted molar refractivity (Wildman–Crippen MR) is 61.1 cm³/mol. The summed E-state index contributed by atoms with van der Waals surface area (Å²) in [6, 6.07) is 8.02. The van der Waals surface area contributed by atoms with Crippen LogP contribution >= 0.6 is 15.9 Å². The average molecular weight is 255 g/mol. The van der Waals surface area contributed by atoms with Crippen molar-refractivity contribution in [3.63, 3.8) is 0 Å². The van der Waals surface area contributed by atoms with Gasteiger partial charge in [0.15, 0.2) is 0 Å². The highest BCUT2D eigenvalue weighted by Crippen LogP contribution is 2.41. The molecule has 0 bridgehead atoms. The summed E-state index contributed by atoms with van der Waals surface area (Å²) in [5.74, 6) is 0.642. The second-order valence-electron chi connectivity index (χ2n) is 4.39. The molecule has 1 nitrogen and oxygen atoms in total. The third-order valence-electron chi connectivity index (χ3n) is 3.12. The van der Waals surface area contributed by atoms with Crippen LogP contribution in [0.25, 0.3) is 0 Å². The minimum Gasteiger partial charge on any atom is -0.385 e. The van der Waals surface area contributed by atoms with Crippen LogP contribution in [0.5, 0.6) is 0 Å². The minimum absolute atomic E-state index is 0.569. The smallest absolute Gasteiger partial charge is 0.0899 e. The molecular formula is C12H15BrO. The molecule has 2 atom stereocenters. The summed E-state index contributed by atoms with van der Waals surface area (Å²) in [5.41, 5.74) is 0.491. The Labute approximate surface area is 93.3 Å². The van der Waals surface area contributed by atoms with Crippen molar-refractivity contribution >= 4 is 15.9 Å². The Balaban J connectivity index is 2.26. The Morgan fingerprint density at radius 2 is 2.00 bits per heavy atom. The summed E-state index contributed by atoms with van der Waals surface area (Å²) in [6.07, 6.45) is 2.93. The molecule has 1 aliphatic carbocycles. The summed E-state index contributed by atoms with van der Waals surface area (Å²) >= 11 is 3.40. The van der Waals surface area contributed by atoms with Crippen molar-refractivity contribution in [3.05, 3.63) is 34.3 Å². The van der Waals surface area contributed by atoms with Gasteiger partial charge in [-0.05, 0) is 42.9 Å². The summed E-state index contributed by atoms with van der Waals surface area (Å²) < 4.78 is 1.07. The van der Waals surface area contributed by atoms with Gasteiger partial charge in [0, 0.05) is 4.47 Å². The Kier molecular flexibility index (Phi) is 2.67. The van der Waals surface area contributed by atoms with E-state index in [0.717, 1.165) is 29.3 Å². The fraction of sp³-hybridized carbons (Fsp3) is 0.500. The standard InChI is InChI=1S/C12H15BrO/c1-9-6-7-12(14,8-9)10-2-4-11(13)5-3-10/h2-5,9,14H,6-8H2,1H3/t9-,12-/m0/s1. The minimum atomic E-state index is -0.569. The normalized spacial score (nSPS) is 32.1. The van der Waals surface area contributed by atoms with Crippen LogP contribution in [0.1, 0.15) is 31.7 Å².